The average Bonchev–Trinajstić information content (AvgIpc) is 3.51. The Balaban J connectivity index is 1.78. The second-order valence-corrected chi connectivity index (χ2v) is 10.8. The largest absolute Gasteiger partial charge is 0.444 e. The van der Waals surface area contributed by atoms with Gasteiger partial charge >= 0.3 is 6.09 Å². The number of carbonyl (C=O) groups excluding carboxylic acids is 1. The van der Waals surface area contributed by atoms with Gasteiger partial charge in [-0.3, -0.25) is 0 Å². The van der Waals surface area contributed by atoms with Crippen LogP contribution < -0.4 is 0 Å². The Morgan fingerprint density at radius 1 is 1.18 bits per heavy atom. The molecule has 7 nitrogen and oxygen atoms in total. The summed E-state index contributed by atoms with van der Waals surface area (Å²) in [6, 6.07) is 9.66. The molecule has 2 aromatic carbocycles. The highest BCUT2D eigenvalue weighted by Crippen LogP contribution is 2.40. The molecule has 200 valence electrons. The van der Waals surface area contributed by atoms with Crippen LogP contribution in [0.3, 0.4) is 0 Å². The number of para-hydroxylation sites is 1. The van der Waals surface area contributed by atoms with E-state index in [1.807, 2.05) is 31.5 Å². The van der Waals surface area contributed by atoms with Crippen LogP contribution in [0.15, 0.2) is 36.5 Å². The van der Waals surface area contributed by atoms with Crippen molar-refractivity contribution in [1.82, 2.24) is 19.7 Å². The molecule has 0 saturated carbocycles. The maximum atomic E-state index is 15.4. The van der Waals surface area contributed by atoms with Gasteiger partial charge in [0, 0.05) is 41.2 Å². The Hall–Kier alpha value is -3.65. The van der Waals surface area contributed by atoms with Gasteiger partial charge in [0.05, 0.1) is 35.7 Å². The number of halogens is 1. The molecular formula is C30H35FN4O3. The Morgan fingerprint density at radius 3 is 2.53 bits per heavy atom. The number of aryl methyl sites for hydroxylation is 2. The van der Waals surface area contributed by atoms with Crippen LogP contribution in [0.5, 0.6) is 0 Å². The predicted molar refractivity (Wildman–Crippen MR) is 146 cm³/mol. The van der Waals surface area contributed by atoms with Gasteiger partial charge in [0.2, 0.25) is 0 Å². The van der Waals surface area contributed by atoms with Gasteiger partial charge < -0.3 is 19.7 Å². The van der Waals surface area contributed by atoms with Crippen LogP contribution in [0.25, 0.3) is 27.8 Å². The molecule has 3 heterocycles. The maximum Gasteiger partial charge on any atom is 0.410 e. The Labute approximate surface area is 222 Å². The molecule has 0 radical (unpaired) electrons. The number of carbonyl (C=O) groups is 1. The van der Waals surface area contributed by atoms with E-state index < -0.39 is 18.0 Å². The van der Waals surface area contributed by atoms with Crippen molar-refractivity contribution in [3.05, 3.63) is 70.3 Å². The number of nitrogens with one attached hydrogen (secondary N) is 1. The van der Waals surface area contributed by atoms with Gasteiger partial charge in [0.25, 0.3) is 0 Å². The van der Waals surface area contributed by atoms with E-state index in [1.165, 1.54) is 6.07 Å². The van der Waals surface area contributed by atoms with Crippen LogP contribution in [0.1, 0.15) is 62.6 Å². The molecule has 4 aromatic rings. The third-order valence-corrected chi connectivity index (χ3v) is 7.17. The minimum absolute atomic E-state index is 0.229. The molecule has 38 heavy (non-hydrogen) atoms. The monoisotopic (exact) mass is 518 g/mol. The smallest absolute Gasteiger partial charge is 0.410 e. The van der Waals surface area contributed by atoms with Gasteiger partial charge in [-0.1, -0.05) is 32.0 Å². The van der Waals surface area contributed by atoms with Gasteiger partial charge in [-0.05, 0) is 56.9 Å². The summed E-state index contributed by atoms with van der Waals surface area (Å²) in [4.78, 5) is 17.8. The lowest BCUT2D eigenvalue weighted by Gasteiger charge is -2.30. The van der Waals surface area contributed by atoms with E-state index in [9.17, 15) is 9.90 Å². The fraction of sp³-hybridized carbons (Fsp3) is 0.400. The highest BCUT2D eigenvalue weighted by Gasteiger charge is 2.32. The number of fused-ring (bicyclic) bond motifs is 2. The predicted octanol–water partition coefficient (Wildman–Crippen LogP) is 6.07. The van der Waals surface area contributed by atoms with E-state index in [0.29, 0.717) is 30.6 Å². The molecule has 0 fully saturated rings. The zero-order valence-corrected chi connectivity index (χ0v) is 22.7. The minimum atomic E-state index is -0.610. The normalized spacial score (nSPS) is 13.7. The van der Waals surface area contributed by atoms with Gasteiger partial charge in [0.15, 0.2) is 0 Å². The van der Waals surface area contributed by atoms with E-state index in [2.05, 4.69) is 37.0 Å². The summed E-state index contributed by atoms with van der Waals surface area (Å²) in [6.07, 6.45) is 3.57. The topological polar surface area (TPSA) is 83.4 Å². The number of hydrogen-bond donors (Lipinski definition) is 2. The maximum absolute atomic E-state index is 15.4. The van der Waals surface area contributed by atoms with E-state index >= 15 is 4.39 Å². The highest BCUT2D eigenvalue weighted by molar-refractivity contribution is 5.97. The van der Waals surface area contributed by atoms with Crippen molar-refractivity contribution in [3.63, 3.8) is 0 Å². The first-order valence-corrected chi connectivity index (χ1v) is 13.3. The number of nitrogens with zero attached hydrogens (tertiary/aromatic N) is 3. The highest BCUT2D eigenvalue weighted by atomic mass is 19.1. The van der Waals surface area contributed by atoms with Gasteiger partial charge in [-0.15, -0.1) is 0 Å². The molecule has 0 spiro atoms. The van der Waals surface area contributed by atoms with Crippen molar-refractivity contribution in [2.24, 2.45) is 0 Å². The number of rotatable bonds is 5. The van der Waals surface area contributed by atoms with Crippen molar-refractivity contribution in [2.75, 3.05) is 6.54 Å². The molecule has 2 N–H and O–H groups in total. The number of amides is 1. The molecule has 0 unspecified atom stereocenters. The first-order valence-electron chi connectivity index (χ1n) is 13.3. The standard InChI is InChI=1S/C30H35FN4O3/c1-6-18-9-8-10-19(7-2)27(18)35-28(21-15-24(31)23(17-36)26-20(21)11-13-32-26)22-16-34(14-12-25(22)33-35)29(37)38-30(3,4)5/h8-11,13,15,32,36H,6-7,12,14,16-17H2,1-5H3. The zero-order chi connectivity index (χ0) is 27.2. The van der Waals surface area contributed by atoms with Crippen LogP contribution in [0.2, 0.25) is 0 Å². The lowest BCUT2D eigenvalue weighted by Crippen LogP contribution is -2.39. The first-order chi connectivity index (χ1) is 18.2. The Bertz CT molecular complexity index is 1490. The van der Waals surface area contributed by atoms with Crippen molar-refractivity contribution >= 4 is 17.0 Å². The number of ether oxygens (including phenoxy) is 1. The summed E-state index contributed by atoms with van der Waals surface area (Å²) in [5.41, 5.74) is 6.68. The number of aliphatic hydroxyl groups excluding tert-OH is 1. The second kappa shape index (κ2) is 9.91. The van der Waals surface area contributed by atoms with E-state index in [-0.39, 0.29) is 11.7 Å². The molecule has 8 heteroatoms. The van der Waals surface area contributed by atoms with Crippen molar-refractivity contribution in [2.45, 2.75) is 72.6 Å². The lowest BCUT2D eigenvalue weighted by molar-refractivity contribution is 0.0224. The average molecular weight is 519 g/mol. The van der Waals surface area contributed by atoms with Gasteiger partial charge in [-0.2, -0.15) is 5.10 Å². The number of aromatic nitrogens is 3. The summed E-state index contributed by atoms with van der Waals surface area (Å²) in [5.74, 6) is -0.488. The molecule has 1 aliphatic rings. The fourth-order valence-electron chi connectivity index (χ4n) is 5.39. The summed E-state index contributed by atoms with van der Waals surface area (Å²) in [7, 11) is 0. The molecule has 2 aromatic heterocycles. The Kier molecular flexibility index (Phi) is 6.77. The number of benzene rings is 2. The molecule has 5 rings (SSSR count). The lowest BCUT2D eigenvalue weighted by atomic mass is 9.96. The molecule has 1 aliphatic heterocycles. The van der Waals surface area contributed by atoms with Gasteiger partial charge in [-0.25, -0.2) is 13.9 Å². The summed E-state index contributed by atoms with van der Waals surface area (Å²) >= 11 is 0. The molecule has 1 amide bonds. The van der Waals surface area contributed by atoms with Crippen LogP contribution in [0.4, 0.5) is 9.18 Å². The molecule has 0 atom stereocenters. The molecule has 0 aliphatic carbocycles. The van der Waals surface area contributed by atoms with Crippen LogP contribution >= 0.6 is 0 Å². The third-order valence-electron chi connectivity index (χ3n) is 7.17. The van der Waals surface area contributed by atoms with Crippen molar-refractivity contribution < 1.29 is 19.0 Å². The summed E-state index contributed by atoms with van der Waals surface area (Å²) in [5, 5.41) is 15.8. The third kappa shape index (κ3) is 4.47. The Morgan fingerprint density at radius 2 is 1.89 bits per heavy atom. The minimum Gasteiger partial charge on any atom is -0.444 e. The zero-order valence-electron chi connectivity index (χ0n) is 22.7. The van der Waals surface area contributed by atoms with Crippen molar-refractivity contribution in [3.8, 4) is 16.9 Å². The van der Waals surface area contributed by atoms with Gasteiger partial charge in [0.1, 0.15) is 11.4 Å². The fourth-order valence-corrected chi connectivity index (χ4v) is 5.39. The number of aromatic amines is 1. The van der Waals surface area contributed by atoms with E-state index in [0.717, 1.165) is 52.0 Å². The van der Waals surface area contributed by atoms with Crippen LogP contribution in [-0.4, -0.2) is 43.0 Å². The van der Waals surface area contributed by atoms with Crippen LogP contribution in [0, 0.1) is 5.82 Å². The number of aliphatic hydroxyl groups is 1. The summed E-state index contributed by atoms with van der Waals surface area (Å²) < 4.78 is 23.0. The molecular weight excluding hydrogens is 483 g/mol. The first kappa shape index (κ1) is 26.0. The van der Waals surface area contributed by atoms with Crippen LogP contribution in [-0.2, 0) is 37.2 Å². The number of hydrogen-bond acceptors (Lipinski definition) is 4. The van der Waals surface area contributed by atoms with Crippen molar-refractivity contribution in [1.29, 1.82) is 0 Å². The number of H-pyrrole nitrogens is 1. The summed E-state index contributed by atoms with van der Waals surface area (Å²) in [6.45, 7) is 10.2. The molecule has 0 saturated heterocycles. The molecule has 0 bridgehead atoms. The SMILES string of the molecule is CCc1cccc(CC)c1-n1nc2c(c1-c1cc(F)c(CO)c3[nH]ccc13)CN(C(=O)OC(C)(C)C)CC2. The van der Waals surface area contributed by atoms with E-state index in [4.69, 9.17) is 9.84 Å². The van der Waals surface area contributed by atoms with E-state index in [1.54, 1.807) is 11.1 Å². The quantitative estimate of drug-likeness (QED) is 0.336. The second-order valence-electron chi connectivity index (χ2n) is 10.8.